The number of carbonyl (C=O) groups is 1. The fourth-order valence-corrected chi connectivity index (χ4v) is 2.01. The van der Waals surface area contributed by atoms with E-state index >= 15 is 0 Å². The first-order valence-electron chi connectivity index (χ1n) is 5.51. The lowest BCUT2D eigenvalue weighted by molar-refractivity contribution is -0.160. The van der Waals surface area contributed by atoms with Crippen LogP contribution in [0.4, 0.5) is 13.2 Å². The third kappa shape index (κ3) is 5.28. The van der Waals surface area contributed by atoms with Gasteiger partial charge in [0.1, 0.15) is 6.54 Å². The van der Waals surface area contributed by atoms with Crippen molar-refractivity contribution < 1.29 is 18.0 Å². The van der Waals surface area contributed by atoms with Gasteiger partial charge in [-0.3, -0.25) is 4.79 Å². The van der Waals surface area contributed by atoms with E-state index in [9.17, 15) is 18.0 Å². The van der Waals surface area contributed by atoms with Gasteiger partial charge < -0.3 is 4.90 Å². The SMILES string of the molecule is CCN(CC(F)(F)F)C(=O)Cc1ccc(Cl)cc1Cl. The molecule has 0 saturated heterocycles. The first kappa shape index (κ1) is 16.1. The van der Waals surface area contributed by atoms with Crippen LogP contribution in [-0.4, -0.2) is 30.1 Å². The molecule has 0 N–H and O–H groups in total. The zero-order valence-electron chi connectivity index (χ0n) is 10.1. The second-order valence-corrected chi connectivity index (χ2v) is 4.78. The van der Waals surface area contributed by atoms with E-state index in [1.54, 1.807) is 0 Å². The van der Waals surface area contributed by atoms with E-state index in [1.807, 2.05) is 0 Å². The van der Waals surface area contributed by atoms with Gasteiger partial charge in [-0.1, -0.05) is 29.3 Å². The number of nitrogens with zero attached hydrogens (tertiary/aromatic N) is 1. The number of alkyl halides is 3. The smallest absolute Gasteiger partial charge is 0.334 e. The Kier molecular flexibility index (Phi) is 5.50. The summed E-state index contributed by atoms with van der Waals surface area (Å²) >= 11 is 11.6. The standard InChI is InChI=1S/C12H12Cl2F3NO/c1-2-18(7-12(15,16)17)11(19)5-8-3-4-9(13)6-10(8)14/h3-4,6H,2,5,7H2,1H3. The average molecular weight is 314 g/mol. The van der Waals surface area contributed by atoms with Gasteiger partial charge in [-0.25, -0.2) is 0 Å². The molecular weight excluding hydrogens is 302 g/mol. The summed E-state index contributed by atoms with van der Waals surface area (Å²) in [6.07, 6.45) is -4.59. The zero-order chi connectivity index (χ0) is 14.6. The Morgan fingerprint density at radius 1 is 1.32 bits per heavy atom. The average Bonchev–Trinajstić information content (AvgIpc) is 2.28. The van der Waals surface area contributed by atoms with Crippen LogP contribution in [0.25, 0.3) is 0 Å². The fourth-order valence-electron chi connectivity index (χ4n) is 1.53. The summed E-state index contributed by atoms with van der Waals surface area (Å²) in [5, 5.41) is 0.674. The van der Waals surface area contributed by atoms with E-state index in [0.717, 1.165) is 4.90 Å². The predicted molar refractivity (Wildman–Crippen MR) is 68.5 cm³/mol. The number of benzene rings is 1. The van der Waals surface area contributed by atoms with Gasteiger partial charge in [-0.2, -0.15) is 13.2 Å². The van der Waals surface area contributed by atoms with Crippen LogP contribution < -0.4 is 0 Å². The zero-order valence-corrected chi connectivity index (χ0v) is 11.6. The highest BCUT2D eigenvalue weighted by molar-refractivity contribution is 6.35. The molecule has 0 heterocycles. The van der Waals surface area contributed by atoms with Gasteiger partial charge >= 0.3 is 6.18 Å². The molecule has 0 spiro atoms. The van der Waals surface area contributed by atoms with E-state index in [1.165, 1.54) is 25.1 Å². The Balaban J connectivity index is 2.77. The highest BCUT2D eigenvalue weighted by Crippen LogP contribution is 2.22. The number of hydrogen-bond acceptors (Lipinski definition) is 1. The summed E-state index contributed by atoms with van der Waals surface area (Å²) in [6.45, 7) is 0.226. The molecule has 0 aliphatic heterocycles. The first-order valence-corrected chi connectivity index (χ1v) is 6.27. The molecular formula is C12H12Cl2F3NO. The van der Waals surface area contributed by atoms with Crippen molar-refractivity contribution in [3.05, 3.63) is 33.8 Å². The summed E-state index contributed by atoms with van der Waals surface area (Å²) in [6, 6.07) is 4.52. The molecule has 7 heteroatoms. The maximum Gasteiger partial charge on any atom is 0.406 e. The summed E-state index contributed by atoms with van der Waals surface area (Å²) in [5.74, 6) is -0.621. The van der Waals surface area contributed by atoms with E-state index in [-0.39, 0.29) is 18.0 Å². The molecule has 1 aromatic rings. The number of hydrogen-bond donors (Lipinski definition) is 0. The topological polar surface area (TPSA) is 20.3 Å². The third-order valence-electron chi connectivity index (χ3n) is 2.46. The Bertz CT molecular complexity index is 463. The fraction of sp³-hybridized carbons (Fsp3) is 0.417. The van der Waals surface area contributed by atoms with Gasteiger partial charge in [0.2, 0.25) is 5.91 Å². The summed E-state index contributed by atoms with van der Waals surface area (Å²) < 4.78 is 36.9. The molecule has 0 bridgehead atoms. The van der Waals surface area contributed by atoms with Crippen molar-refractivity contribution in [1.29, 1.82) is 0 Å². The van der Waals surface area contributed by atoms with Gasteiger partial charge in [-0.15, -0.1) is 0 Å². The van der Waals surface area contributed by atoms with Crippen LogP contribution in [0.2, 0.25) is 10.0 Å². The Labute approximate surface area is 119 Å². The van der Waals surface area contributed by atoms with Crippen LogP contribution in [-0.2, 0) is 11.2 Å². The minimum absolute atomic E-state index is 0.0104. The Hall–Kier alpha value is -0.940. The lowest BCUT2D eigenvalue weighted by Crippen LogP contribution is -2.39. The number of likely N-dealkylation sites (N-methyl/N-ethyl adjacent to an activating group) is 1. The quantitative estimate of drug-likeness (QED) is 0.824. The van der Waals surface area contributed by atoms with Crippen LogP contribution in [0.15, 0.2) is 18.2 Å². The molecule has 0 saturated carbocycles. The molecule has 2 nitrogen and oxygen atoms in total. The van der Waals surface area contributed by atoms with Crippen molar-refractivity contribution in [2.45, 2.75) is 19.5 Å². The lowest BCUT2D eigenvalue weighted by Gasteiger charge is -2.22. The predicted octanol–water partition coefficient (Wildman–Crippen LogP) is 3.95. The minimum atomic E-state index is -4.41. The lowest BCUT2D eigenvalue weighted by atomic mass is 10.1. The van der Waals surface area contributed by atoms with Crippen molar-refractivity contribution in [3.8, 4) is 0 Å². The largest absolute Gasteiger partial charge is 0.406 e. The molecule has 0 aliphatic rings. The second-order valence-electron chi connectivity index (χ2n) is 3.94. The van der Waals surface area contributed by atoms with E-state index < -0.39 is 18.6 Å². The Morgan fingerprint density at radius 2 is 1.95 bits per heavy atom. The summed E-state index contributed by atoms with van der Waals surface area (Å²) in [5.41, 5.74) is 0.455. The minimum Gasteiger partial charge on any atom is -0.334 e. The van der Waals surface area contributed by atoms with E-state index in [2.05, 4.69) is 0 Å². The monoisotopic (exact) mass is 313 g/mol. The van der Waals surface area contributed by atoms with Crippen LogP contribution >= 0.6 is 23.2 Å². The highest BCUT2D eigenvalue weighted by Gasteiger charge is 2.32. The number of halogens is 5. The van der Waals surface area contributed by atoms with Crippen LogP contribution in [0, 0.1) is 0 Å². The van der Waals surface area contributed by atoms with Crippen molar-refractivity contribution in [2.24, 2.45) is 0 Å². The highest BCUT2D eigenvalue weighted by atomic mass is 35.5. The molecule has 1 aromatic carbocycles. The van der Waals surface area contributed by atoms with Crippen molar-refractivity contribution in [2.75, 3.05) is 13.1 Å². The third-order valence-corrected chi connectivity index (χ3v) is 3.05. The van der Waals surface area contributed by atoms with Crippen LogP contribution in [0.3, 0.4) is 0 Å². The van der Waals surface area contributed by atoms with E-state index in [4.69, 9.17) is 23.2 Å². The summed E-state index contributed by atoms with van der Waals surface area (Å²) in [4.78, 5) is 12.5. The Morgan fingerprint density at radius 3 is 2.42 bits per heavy atom. The first-order chi connectivity index (χ1) is 8.73. The van der Waals surface area contributed by atoms with E-state index in [0.29, 0.717) is 10.6 Å². The van der Waals surface area contributed by atoms with Crippen molar-refractivity contribution in [3.63, 3.8) is 0 Å². The number of carbonyl (C=O) groups excluding carboxylic acids is 1. The van der Waals surface area contributed by atoms with Gasteiger partial charge in [0, 0.05) is 16.6 Å². The molecule has 19 heavy (non-hydrogen) atoms. The molecule has 106 valence electrons. The van der Waals surface area contributed by atoms with Gasteiger partial charge in [-0.05, 0) is 24.6 Å². The number of amides is 1. The molecule has 1 rings (SSSR count). The molecule has 0 unspecified atom stereocenters. The molecule has 0 atom stereocenters. The second kappa shape index (κ2) is 6.48. The van der Waals surface area contributed by atoms with Crippen molar-refractivity contribution in [1.82, 2.24) is 4.90 Å². The summed E-state index contributed by atoms with van der Waals surface area (Å²) in [7, 11) is 0. The van der Waals surface area contributed by atoms with Crippen molar-refractivity contribution >= 4 is 29.1 Å². The van der Waals surface area contributed by atoms with Crippen LogP contribution in [0.5, 0.6) is 0 Å². The molecule has 0 radical (unpaired) electrons. The molecule has 1 amide bonds. The van der Waals surface area contributed by atoms with Crippen LogP contribution in [0.1, 0.15) is 12.5 Å². The molecule has 0 fully saturated rings. The van der Waals surface area contributed by atoms with Gasteiger partial charge in [0.15, 0.2) is 0 Å². The number of rotatable bonds is 4. The van der Waals surface area contributed by atoms with Gasteiger partial charge in [0.05, 0.1) is 6.42 Å². The maximum absolute atomic E-state index is 12.3. The molecule has 0 aromatic heterocycles. The van der Waals surface area contributed by atoms with Gasteiger partial charge in [0.25, 0.3) is 0 Å². The normalized spacial score (nSPS) is 11.5. The molecule has 0 aliphatic carbocycles. The maximum atomic E-state index is 12.3.